The molecule has 0 aliphatic rings. The summed E-state index contributed by atoms with van der Waals surface area (Å²) in [7, 11) is 3.56. The molecule has 2 nitrogen and oxygen atoms in total. The predicted octanol–water partition coefficient (Wildman–Crippen LogP) is 5.44. The molecule has 0 aliphatic carbocycles. The normalized spacial score (nSPS) is 12.5. The Bertz CT molecular complexity index is 630. The van der Waals surface area contributed by atoms with Gasteiger partial charge in [0.2, 0.25) is 0 Å². The highest BCUT2D eigenvalue weighted by Gasteiger charge is 2.22. The van der Waals surface area contributed by atoms with Gasteiger partial charge in [-0.1, -0.05) is 39.1 Å². The molecule has 1 atom stereocenters. The maximum Gasteiger partial charge on any atom is 0.124 e. The van der Waals surface area contributed by atoms with Crippen LogP contribution in [0.1, 0.15) is 22.7 Å². The second-order valence-corrected chi connectivity index (χ2v) is 7.48. The van der Waals surface area contributed by atoms with Crippen molar-refractivity contribution in [3.63, 3.8) is 0 Å². The van der Waals surface area contributed by atoms with Crippen LogP contribution in [0.5, 0.6) is 5.75 Å². The van der Waals surface area contributed by atoms with E-state index in [4.69, 9.17) is 27.9 Å². The van der Waals surface area contributed by atoms with E-state index in [9.17, 15) is 0 Å². The molecule has 0 saturated heterocycles. The van der Waals surface area contributed by atoms with Crippen molar-refractivity contribution in [1.82, 2.24) is 5.32 Å². The van der Waals surface area contributed by atoms with Gasteiger partial charge in [0, 0.05) is 15.6 Å². The summed E-state index contributed by atoms with van der Waals surface area (Å²) < 4.78 is 7.90. The third kappa shape index (κ3) is 3.15. The van der Waals surface area contributed by atoms with Crippen molar-refractivity contribution in [3.05, 3.63) is 48.0 Å². The molecule has 0 bridgehead atoms. The van der Waals surface area contributed by atoms with Gasteiger partial charge in [0.1, 0.15) is 5.75 Å². The number of hydrogen-bond acceptors (Lipinski definition) is 3. The largest absolute Gasteiger partial charge is 0.496 e. The molecule has 0 spiro atoms. The Morgan fingerprint density at radius 3 is 2.45 bits per heavy atom. The maximum absolute atomic E-state index is 6.28. The lowest BCUT2D eigenvalue weighted by Gasteiger charge is -2.20. The second-order valence-electron chi connectivity index (χ2n) is 4.34. The summed E-state index contributed by atoms with van der Waals surface area (Å²) in [6.07, 6.45) is 0. The summed E-state index contributed by atoms with van der Waals surface area (Å²) in [5.74, 6) is 0.823. The van der Waals surface area contributed by atoms with E-state index in [0.29, 0.717) is 8.67 Å². The van der Waals surface area contributed by atoms with Gasteiger partial charge in [-0.2, -0.15) is 0 Å². The van der Waals surface area contributed by atoms with Crippen molar-refractivity contribution in [2.45, 2.75) is 13.0 Å². The molecule has 2 rings (SSSR count). The first-order valence-corrected chi connectivity index (χ1v) is 8.30. The molecule has 20 heavy (non-hydrogen) atoms. The van der Waals surface area contributed by atoms with Crippen LogP contribution in [0.25, 0.3) is 0 Å². The molecule has 0 amide bonds. The molecule has 0 saturated carbocycles. The van der Waals surface area contributed by atoms with Crippen molar-refractivity contribution in [2.24, 2.45) is 0 Å². The fourth-order valence-electron chi connectivity index (χ4n) is 2.10. The summed E-state index contributed by atoms with van der Waals surface area (Å²) in [6, 6.07) is 5.88. The van der Waals surface area contributed by atoms with Crippen molar-refractivity contribution in [2.75, 3.05) is 14.2 Å². The minimum absolute atomic E-state index is 0.0712. The Morgan fingerprint density at radius 2 is 1.95 bits per heavy atom. The number of ether oxygens (including phenoxy) is 1. The van der Waals surface area contributed by atoms with Crippen LogP contribution >= 0.6 is 50.5 Å². The van der Waals surface area contributed by atoms with Crippen LogP contribution in [-0.4, -0.2) is 14.2 Å². The number of nitrogens with one attached hydrogen (secondary N) is 1. The summed E-state index contributed by atoms with van der Waals surface area (Å²) >= 11 is 17.3. The molecule has 1 heterocycles. The molecule has 6 heteroatoms. The SMILES string of the molecule is CNC(c1cc(Br)c(C)cc1OC)c1cc(Cl)sc1Cl. The first-order valence-electron chi connectivity index (χ1n) is 5.94. The van der Waals surface area contributed by atoms with E-state index in [1.807, 2.05) is 26.1 Å². The molecule has 1 N–H and O–H groups in total. The zero-order valence-corrected chi connectivity index (χ0v) is 15.2. The first-order chi connectivity index (χ1) is 9.47. The molecule has 1 unspecified atom stereocenters. The Labute approximate surface area is 141 Å². The number of rotatable bonds is 4. The van der Waals surface area contributed by atoms with Gasteiger partial charge in [0.15, 0.2) is 0 Å². The van der Waals surface area contributed by atoms with Crippen molar-refractivity contribution in [1.29, 1.82) is 0 Å². The number of thiophene rings is 1. The van der Waals surface area contributed by atoms with E-state index in [-0.39, 0.29) is 6.04 Å². The van der Waals surface area contributed by atoms with Gasteiger partial charge in [-0.3, -0.25) is 0 Å². The molecule has 0 fully saturated rings. The molecule has 0 aliphatic heterocycles. The van der Waals surface area contributed by atoms with Crippen LogP contribution < -0.4 is 10.1 Å². The standard InChI is InChI=1S/C14H14BrCl2NOS/c1-7-4-11(19-3)8(5-10(7)15)13(18-2)9-6-12(16)20-14(9)17/h4-6,13,18H,1-3H3. The van der Waals surface area contributed by atoms with Gasteiger partial charge in [-0.15, -0.1) is 11.3 Å². The van der Waals surface area contributed by atoms with Crippen LogP contribution in [0.15, 0.2) is 22.7 Å². The highest BCUT2D eigenvalue weighted by molar-refractivity contribution is 9.10. The van der Waals surface area contributed by atoms with E-state index >= 15 is 0 Å². The Morgan fingerprint density at radius 1 is 1.25 bits per heavy atom. The van der Waals surface area contributed by atoms with Crippen LogP contribution in [-0.2, 0) is 0 Å². The summed E-state index contributed by atoms with van der Waals surface area (Å²) in [4.78, 5) is 0. The summed E-state index contributed by atoms with van der Waals surface area (Å²) in [5, 5.41) is 3.27. The van der Waals surface area contributed by atoms with E-state index < -0.39 is 0 Å². The van der Waals surface area contributed by atoms with E-state index in [1.54, 1.807) is 7.11 Å². The fourth-order valence-corrected chi connectivity index (χ4v) is 3.99. The average Bonchev–Trinajstić information content (AvgIpc) is 2.73. The lowest BCUT2D eigenvalue weighted by molar-refractivity contribution is 0.405. The number of halogens is 3. The van der Waals surface area contributed by atoms with Crippen molar-refractivity contribution in [3.8, 4) is 5.75 Å². The molecule has 1 aromatic heterocycles. The van der Waals surface area contributed by atoms with Gasteiger partial charge in [0.25, 0.3) is 0 Å². The Kier molecular flexibility index (Phi) is 5.37. The van der Waals surface area contributed by atoms with E-state index in [1.165, 1.54) is 11.3 Å². The fraction of sp³-hybridized carbons (Fsp3) is 0.286. The highest BCUT2D eigenvalue weighted by Crippen LogP contribution is 2.41. The molecule has 108 valence electrons. The number of hydrogen-bond donors (Lipinski definition) is 1. The first kappa shape index (κ1) is 16.1. The smallest absolute Gasteiger partial charge is 0.124 e. The third-order valence-electron chi connectivity index (χ3n) is 3.10. The van der Waals surface area contributed by atoms with Crippen LogP contribution in [0.4, 0.5) is 0 Å². The average molecular weight is 395 g/mol. The molecular formula is C14H14BrCl2NOS. The van der Waals surface area contributed by atoms with Crippen molar-refractivity contribution >= 4 is 50.5 Å². The van der Waals surface area contributed by atoms with Gasteiger partial charge in [0.05, 0.1) is 21.8 Å². The number of aryl methyl sites for hydroxylation is 1. The van der Waals surface area contributed by atoms with Gasteiger partial charge in [-0.25, -0.2) is 0 Å². The lowest BCUT2D eigenvalue weighted by Crippen LogP contribution is -2.18. The minimum Gasteiger partial charge on any atom is -0.496 e. The summed E-state index contributed by atoms with van der Waals surface area (Å²) in [6.45, 7) is 2.03. The molecular weight excluding hydrogens is 381 g/mol. The second kappa shape index (κ2) is 6.67. The van der Waals surface area contributed by atoms with Crippen LogP contribution in [0, 0.1) is 6.92 Å². The highest BCUT2D eigenvalue weighted by atomic mass is 79.9. The predicted molar refractivity (Wildman–Crippen MR) is 90.7 cm³/mol. The van der Waals surface area contributed by atoms with Crippen LogP contribution in [0.2, 0.25) is 8.67 Å². The van der Waals surface area contributed by atoms with E-state index in [2.05, 4.69) is 27.3 Å². The molecule has 1 aromatic carbocycles. The monoisotopic (exact) mass is 393 g/mol. The van der Waals surface area contributed by atoms with Crippen molar-refractivity contribution < 1.29 is 4.74 Å². The van der Waals surface area contributed by atoms with Gasteiger partial charge < -0.3 is 10.1 Å². The quantitative estimate of drug-likeness (QED) is 0.744. The summed E-state index contributed by atoms with van der Waals surface area (Å²) in [5.41, 5.74) is 3.09. The van der Waals surface area contributed by atoms with E-state index in [0.717, 1.165) is 26.9 Å². The van der Waals surface area contributed by atoms with Crippen LogP contribution in [0.3, 0.4) is 0 Å². The molecule has 0 radical (unpaired) electrons. The maximum atomic E-state index is 6.28. The topological polar surface area (TPSA) is 21.3 Å². The Balaban J connectivity index is 2.57. The Hall–Kier alpha value is -0.260. The van der Waals surface area contributed by atoms with Gasteiger partial charge >= 0.3 is 0 Å². The lowest BCUT2D eigenvalue weighted by atomic mass is 9.99. The third-order valence-corrected chi connectivity index (χ3v) is 5.48. The minimum atomic E-state index is -0.0712. The number of methoxy groups -OCH3 is 1. The molecule has 2 aromatic rings. The van der Waals surface area contributed by atoms with Gasteiger partial charge in [-0.05, 0) is 37.7 Å². The zero-order chi connectivity index (χ0) is 14.9. The zero-order valence-electron chi connectivity index (χ0n) is 11.3. The number of benzene rings is 1.